The SMILES string of the molecule is O=C(NCCC#Cc1c[nH]c(C(=O)C(Cl)(Cl)Cl)c1)OCc1ccccc1. The minimum absolute atomic E-state index is 0.164. The molecule has 5 nitrogen and oxygen atoms in total. The Labute approximate surface area is 166 Å². The molecule has 0 fully saturated rings. The number of aromatic nitrogens is 1. The van der Waals surface area contributed by atoms with Crippen molar-refractivity contribution in [3.8, 4) is 11.8 Å². The van der Waals surface area contributed by atoms with Crippen LogP contribution in [0.4, 0.5) is 4.79 Å². The largest absolute Gasteiger partial charge is 0.445 e. The number of alkyl carbamates (subject to hydrolysis) is 1. The first-order valence-corrected chi connectivity index (χ1v) is 8.73. The number of H-pyrrole nitrogens is 1. The Morgan fingerprint density at radius 1 is 1.19 bits per heavy atom. The van der Waals surface area contributed by atoms with Crippen LogP contribution in [0.2, 0.25) is 0 Å². The van der Waals surface area contributed by atoms with Crippen molar-refractivity contribution in [1.82, 2.24) is 10.3 Å². The molecule has 2 aromatic rings. The number of alkyl halides is 3. The van der Waals surface area contributed by atoms with E-state index in [1.807, 2.05) is 30.3 Å². The summed E-state index contributed by atoms with van der Waals surface area (Å²) in [4.78, 5) is 26.0. The smallest absolute Gasteiger partial charge is 0.407 e. The normalized spacial score (nSPS) is 10.6. The van der Waals surface area contributed by atoms with Gasteiger partial charge >= 0.3 is 6.09 Å². The molecule has 0 spiro atoms. The monoisotopic (exact) mass is 412 g/mol. The van der Waals surface area contributed by atoms with Gasteiger partial charge in [-0.05, 0) is 11.6 Å². The molecule has 0 bridgehead atoms. The van der Waals surface area contributed by atoms with E-state index in [4.69, 9.17) is 39.5 Å². The molecule has 0 aliphatic rings. The van der Waals surface area contributed by atoms with E-state index in [9.17, 15) is 9.59 Å². The fourth-order valence-corrected chi connectivity index (χ4v) is 2.22. The van der Waals surface area contributed by atoms with Gasteiger partial charge in [-0.25, -0.2) is 4.79 Å². The second kappa shape index (κ2) is 9.54. The van der Waals surface area contributed by atoms with Gasteiger partial charge in [-0.2, -0.15) is 0 Å². The van der Waals surface area contributed by atoms with E-state index in [2.05, 4.69) is 22.1 Å². The fraction of sp³-hybridized carbons (Fsp3) is 0.222. The molecule has 1 aromatic carbocycles. The van der Waals surface area contributed by atoms with Gasteiger partial charge < -0.3 is 15.0 Å². The van der Waals surface area contributed by atoms with Crippen LogP contribution in [-0.2, 0) is 11.3 Å². The fourth-order valence-electron chi connectivity index (χ4n) is 1.92. The molecular formula is C18H15Cl3N2O3. The van der Waals surface area contributed by atoms with Crippen LogP contribution < -0.4 is 5.32 Å². The minimum Gasteiger partial charge on any atom is -0.445 e. The molecule has 1 heterocycles. The summed E-state index contributed by atoms with van der Waals surface area (Å²) >= 11 is 16.6. The number of hydrogen-bond acceptors (Lipinski definition) is 3. The van der Waals surface area contributed by atoms with Gasteiger partial charge in [0.1, 0.15) is 6.61 Å². The number of carbonyl (C=O) groups excluding carboxylic acids is 2. The van der Waals surface area contributed by atoms with Crippen LogP contribution in [0.1, 0.15) is 28.0 Å². The maximum Gasteiger partial charge on any atom is 0.407 e. The lowest BCUT2D eigenvalue weighted by molar-refractivity contribution is 0.0992. The predicted octanol–water partition coefficient (Wildman–Crippen LogP) is 4.24. The minimum atomic E-state index is -2.01. The summed E-state index contributed by atoms with van der Waals surface area (Å²) < 4.78 is 3.06. The zero-order valence-corrected chi connectivity index (χ0v) is 15.8. The second-order valence-electron chi connectivity index (χ2n) is 5.17. The number of amides is 1. The lowest BCUT2D eigenvalue weighted by Crippen LogP contribution is -2.24. The first-order valence-electron chi connectivity index (χ1n) is 7.59. The second-order valence-corrected chi connectivity index (χ2v) is 7.45. The molecule has 1 aromatic heterocycles. The Bertz CT molecular complexity index is 817. The molecule has 0 unspecified atom stereocenters. The summed E-state index contributed by atoms with van der Waals surface area (Å²) in [5.41, 5.74) is 1.65. The Balaban J connectivity index is 1.71. The summed E-state index contributed by atoms with van der Waals surface area (Å²) in [7, 11) is 0. The van der Waals surface area contributed by atoms with E-state index in [0.717, 1.165) is 5.56 Å². The molecule has 0 atom stereocenters. The summed E-state index contributed by atoms with van der Waals surface area (Å²) in [6.07, 6.45) is 1.45. The van der Waals surface area contributed by atoms with Crippen LogP contribution in [0, 0.1) is 11.8 Å². The van der Waals surface area contributed by atoms with Gasteiger partial charge in [0.05, 0.1) is 5.69 Å². The Morgan fingerprint density at radius 3 is 2.62 bits per heavy atom. The molecule has 2 N–H and O–H groups in total. The van der Waals surface area contributed by atoms with Crippen molar-refractivity contribution in [2.24, 2.45) is 0 Å². The highest BCUT2D eigenvalue weighted by Crippen LogP contribution is 2.30. The molecule has 26 heavy (non-hydrogen) atoms. The van der Waals surface area contributed by atoms with Gasteiger partial charge in [0, 0.05) is 24.7 Å². The first kappa shape index (κ1) is 20.2. The highest BCUT2D eigenvalue weighted by atomic mass is 35.6. The van der Waals surface area contributed by atoms with Gasteiger partial charge in [-0.15, -0.1) is 0 Å². The maximum absolute atomic E-state index is 11.8. The van der Waals surface area contributed by atoms with Crippen molar-refractivity contribution in [1.29, 1.82) is 0 Å². The van der Waals surface area contributed by atoms with Gasteiger partial charge in [0.25, 0.3) is 3.79 Å². The highest BCUT2D eigenvalue weighted by Gasteiger charge is 2.32. The molecule has 8 heteroatoms. The number of carbonyl (C=O) groups is 2. The van der Waals surface area contributed by atoms with Crippen molar-refractivity contribution in [2.75, 3.05) is 6.54 Å². The van der Waals surface area contributed by atoms with Crippen molar-refractivity contribution in [2.45, 2.75) is 16.8 Å². The van der Waals surface area contributed by atoms with Crippen molar-refractivity contribution in [3.05, 3.63) is 59.4 Å². The zero-order valence-electron chi connectivity index (χ0n) is 13.5. The molecule has 0 saturated heterocycles. The van der Waals surface area contributed by atoms with Crippen LogP contribution >= 0.6 is 34.8 Å². The van der Waals surface area contributed by atoms with Crippen molar-refractivity contribution < 1.29 is 14.3 Å². The standard InChI is InChI=1S/C18H15Cl3N2O3/c19-18(20,21)16(24)15-10-14(11-23-15)8-4-5-9-22-17(25)26-12-13-6-2-1-3-7-13/h1-3,6-7,10-11,23H,5,9,12H2,(H,22,25). The van der Waals surface area contributed by atoms with Gasteiger partial charge in [0.15, 0.2) is 0 Å². The molecule has 0 radical (unpaired) electrons. The van der Waals surface area contributed by atoms with E-state index < -0.39 is 15.7 Å². The third-order valence-corrected chi connectivity index (χ3v) is 3.66. The number of halogens is 3. The molecule has 0 aliphatic carbocycles. The van der Waals surface area contributed by atoms with E-state index in [0.29, 0.717) is 18.5 Å². The number of benzene rings is 1. The van der Waals surface area contributed by atoms with E-state index in [1.54, 1.807) is 0 Å². The van der Waals surface area contributed by atoms with Crippen molar-refractivity contribution in [3.63, 3.8) is 0 Å². The Kier molecular flexibility index (Phi) is 7.40. The summed E-state index contributed by atoms with van der Waals surface area (Å²) in [5, 5.41) is 2.60. The van der Waals surface area contributed by atoms with E-state index in [-0.39, 0.29) is 12.3 Å². The van der Waals surface area contributed by atoms with Crippen LogP contribution in [0.15, 0.2) is 42.6 Å². The molecule has 0 saturated carbocycles. The predicted molar refractivity (Wildman–Crippen MR) is 102 cm³/mol. The van der Waals surface area contributed by atoms with Crippen LogP contribution in [0.3, 0.4) is 0 Å². The highest BCUT2D eigenvalue weighted by molar-refractivity contribution is 6.77. The third-order valence-electron chi connectivity index (χ3n) is 3.15. The Hall–Kier alpha value is -2.13. The molecule has 0 aliphatic heterocycles. The zero-order chi connectivity index (χ0) is 19.0. The van der Waals surface area contributed by atoms with Crippen molar-refractivity contribution >= 4 is 46.7 Å². The summed E-state index contributed by atoms with van der Waals surface area (Å²) in [5.74, 6) is 5.07. The maximum atomic E-state index is 11.8. The summed E-state index contributed by atoms with van der Waals surface area (Å²) in [6, 6.07) is 10.9. The summed E-state index contributed by atoms with van der Waals surface area (Å²) in [6.45, 7) is 0.548. The van der Waals surface area contributed by atoms with E-state index >= 15 is 0 Å². The lowest BCUT2D eigenvalue weighted by Gasteiger charge is -2.06. The quantitative estimate of drug-likeness (QED) is 0.333. The number of rotatable bonds is 5. The number of Topliss-reactive ketones (excluding diaryl/α,β-unsaturated/α-hetero) is 1. The first-order chi connectivity index (χ1) is 12.4. The molecule has 2 rings (SSSR count). The number of aromatic amines is 1. The van der Waals surface area contributed by atoms with Crippen LogP contribution in [0.25, 0.3) is 0 Å². The molecule has 1 amide bonds. The Morgan fingerprint density at radius 2 is 1.92 bits per heavy atom. The number of hydrogen-bond donors (Lipinski definition) is 2. The molecule has 136 valence electrons. The lowest BCUT2D eigenvalue weighted by atomic mass is 10.2. The molecular weight excluding hydrogens is 399 g/mol. The number of ketones is 1. The van der Waals surface area contributed by atoms with Gasteiger partial charge in [0.2, 0.25) is 5.78 Å². The van der Waals surface area contributed by atoms with Gasteiger partial charge in [-0.3, -0.25) is 4.79 Å². The van der Waals surface area contributed by atoms with Crippen LogP contribution in [-0.4, -0.2) is 27.2 Å². The number of nitrogens with one attached hydrogen (secondary N) is 2. The van der Waals surface area contributed by atoms with Gasteiger partial charge in [-0.1, -0.05) is 77.0 Å². The average molecular weight is 414 g/mol. The average Bonchev–Trinajstić information content (AvgIpc) is 3.08. The third kappa shape index (κ3) is 6.64. The van der Waals surface area contributed by atoms with E-state index in [1.165, 1.54) is 12.3 Å². The number of ether oxygens (including phenoxy) is 1. The topological polar surface area (TPSA) is 71.2 Å². The van der Waals surface area contributed by atoms with Crippen LogP contribution in [0.5, 0.6) is 0 Å².